The number of amides is 1. The Labute approximate surface area is 116 Å². The molecule has 20 heavy (non-hydrogen) atoms. The lowest BCUT2D eigenvalue weighted by Crippen LogP contribution is -2.11. The minimum absolute atomic E-state index is 0.168. The fourth-order valence-electron chi connectivity index (χ4n) is 1.50. The van der Waals surface area contributed by atoms with Crippen molar-refractivity contribution in [2.45, 2.75) is 12.7 Å². The summed E-state index contributed by atoms with van der Waals surface area (Å²) in [7, 11) is 0. The number of aromatic nitrogens is 1. The van der Waals surface area contributed by atoms with E-state index in [2.05, 4.69) is 10.3 Å². The van der Waals surface area contributed by atoms with E-state index in [4.69, 9.17) is 5.73 Å². The van der Waals surface area contributed by atoms with Gasteiger partial charge in [0.1, 0.15) is 4.88 Å². The Balaban J connectivity index is 2.04. The van der Waals surface area contributed by atoms with Crippen molar-refractivity contribution in [3.8, 4) is 0 Å². The number of primary amides is 1. The molecule has 0 saturated heterocycles. The first-order valence-corrected chi connectivity index (χ1v) is 6.33. The lowest BCUT2D eigenvalue weighted by molar-refractivity contribution is -0.134. The van der Waals surface area contributed by atoms with Crippen molar-refractivity contribution >= 4 is 22.4 Å². The maximum Gasteiger partial charge on any atom is 0.427 e. The van der Waals surface area contributed by atoms with Crippen molar-refractivity contribution in [3.63, 3.8) is 0 Å². The Morgan fingerprint density at radius 2 is 2.15 bits per heavy atom. The molecule has 0 fully saturated rings. The van der Waals surface area contributed by atoms with E-state index in [9.17, 15) is 18.0 Å². The molecule has 0 saturated carbocycles. The predicted molar refractivity (Wildman–Crippen MR) is 69.4 cm³/mol. The van der Waals surface area contributed by atoms with E-state index in [0.717, 1.165) is 11.8 Å². The van der Waals surface area contributed by atoms with Gasteiger partial charge in [0.2, 0.25) is 5.91 Å². The van der Waals surface area contributed by atoms with E-state index < -0.39 is 17.0 Å². The number of carbonyl (C=O) groups excluding carboxylic acids is 1. The molecule has 0 unspecified atom stereocenters. The average Bonchev–Trinajstić information content (AvgIpc) is 2.85. The van der Waals surface area contributed by atoms with Gasteiger partial charge in [-0.2, -0.15) is 13.2 Å². The Kier molecular flexibility index (Phi) is 3.93. The van der Waals surface area contributed by atoms with Gasteiger partial charge < -0.3 is 11.1 Å². The maximum absolute atomic E-state index is 12.4. The summed E-state index contributed by atoms with van der Waals surface area (Å²) >= 11 is 0.531. The fourth-order valence-corrected chi connectivity index (χ4v) is 2.18. The van der Waals surface area contributed by atoms with Gasteiger partial charge in [-0.25, -0.2) is 4.98 Å². The van der Waals surface area contributed by atoms with E-state index in [1.807, 2.05) is 0 Å². The zero-order valence-corrected chi connectivity index (χ0v) is 10.9. The summed E-state index contributed by atoms with van der Waals surface area (Å²) in [5.74, 6) is -0.555. The fraction of sp³-hybridized carbons (Fsp3) is 0.167. The normalized spacial score (nSPS) is 11.3. The molecule has 4 nitrogen and oxygen atoms in total. The summed E-state index contributed by atoms with van der Waals surface area (Å²) in [5.41, 5.74) is 6.22. The first kappa shape index (κ1) is 14.3. The van der Waals surface area contributed by atoms with Gasteiger partial charge in [0.25, 0.3) is 0 Å². The highest BCUT2D eigenvalue weighted by Crippen LogP contribution is 2.35. The second kappa shape index (κ2) is 5.49. The number of nitrogens with one attached hydrogen (secondary N) is 1. The third-order valence-corrected chi connectivity index (χ3v) is 3.44. The van der Waals surface area contributed by atoms with Crippen LogP contribution in [0.25, 0.3) is 0 Å². The summed E-state index contributed by atoms with van der Waals surface area (Å²) in [5, 5.41) is 2.94. The Bertz CT molecular complexity index is 624. The smallest absolute Gasteiger partial charge is 0.366 e. The molecular weight excluding hydrogens is 291 g/mol. The van der Waals surface area contributed by atoms with Crippen molar-refractivity contribution in [2.24, 2.45) is 5.73 Å². The number of nitrogens with two attached hydrogens (primary N) is 1. The molecule has 2 rings (SSSR count). The van der Waals surface area contributed by atoms with Gasteiger partial charge in [-0.05, 0) is 17.7 Å². The van der Waals surface area contributed by atoms with Crippen molar-refractivity contribution in [3.05, 3.63) is 46.5 Å². The summed E-state index contributed by atoms with van der Waals surface area (Å²) in [4.78, 5) is 13.9. The highest BCUT2D eigenvalue weighted by molar-refractivity contribution is 7.15. The second-order valence-corrected chi connectivity index (χ2v) is 4.98. The topological polar surface area (TPSA) is 68.0 Å². The monoisotopic (exact) mass is 301 g/mol. The third-order valence-electron chi connectivity index (χ3n) is 2.44. The average molecular weight is 301 g/mol. The molecule has 1 amide bonds. The molecule has 3 N–H and O–H groups in total. The zero-order chi connectivity index (χ0) is 14.8. The van der Waals surface area contributed by atoms with E-state index in [1.165, 1.54) is 0 Å². The van der Waals surface area contributed by atoms with Gasteiger partial charge in [0, 0.05) is 12.1 Å². The minimum atomic E-state index is -4.39. The summed E-state index contributed by atoms with van der Waals surface area (Å²) in [6.45, 7) is 0.256. The Morgan fingerprint density at radius 1 is 1.40 bits per heavy atom. The number of thiazole rings is 1. The van der Waals surface area contributed by atoms with Crippen LogP contribution in [0.3, 0.4) is 0 Å². The summed E-state index contributed by atoms with van der Waals surface area (Å²) < 4.78 is 37.2. The molecule has 0 atom stereocenters. The largest absolute Gasteiger partial charge is 0.427 e. The zero-order valence-electron chi connectivity index (χ0n) is 10.1. The molecule has 106 valence electrons. The van der Waals surface area contributed by atoms with Crippen LogP contribution in [-0.2, 0) is 12.7 Å². The van der Waals surface area contributed by atoms with Crippen LogP contribution in [0, 0.1) is 0 Å². The molecule has 0 radical (unpaired) electrons. The second-order valence-electron chi connectivity index (χ2n) is 3.95. The third kappa shape index (κ3) is 3.47. The molecule has 1 heterocycles. The van der Waals surface area contributed by atoms with Crippen LogP contribution < -0.4 is 11.1 Å². The van der Waals surface area contributed by atoms with Crippen molar-refractivity contribution in [1.82, 2.24) is 4.98 Å². The number of benzene rings is 1. The molecular formula is C12H10F3N3OS. The maximum atomic E-state index is 12.4. The predicted octanol–water partition coefficient (Wildman–Crippen LogP) is 2.87. The number of hydrogen-bond donors (Lipinski definition) is 2. The number of nitrogens with zero attached hydrogens (tertiary/aromatic N) is 1. The standard InChI is InChI=1S/C12H10F3N3OS/c13-12(14,15)9-6-18-11(20-9)17-5-7-2-1-3-8(4-7)10(16)19/h1-4,6H,5H2,(H2,16,19)(H,17,18). The van der Waals surface area contributed by atoms with Crippen LogP contribution in [-0.4, -0.2) is 10.9 Å². The van der Waals surface area contributed by atoms with E-state index in [-0.39, 0.29) is 11.7 Å². The lowest BCUT2D eigenvalue weighted by Gasteiger charge is -2.04. The highest BCUT2D eigenvalue weighted by Gasteiger charge is 2.33. The number of halogens is 3. The van der Waals surface area contributed by atoms with Crippen molar-refractivity contribution in [2.75, 3.05) is 5.32 Å². The minimum Gasteiger partial charge on any atom is -0.366 e. The van der Waals surface area contributed by atoms with E-state index in [0.29, 0.717) is 16.9 Å². The molecule has 0 spiro atoms. The van der Waals surface area contributed by atoms with E-state index >= 15 is 0 Å². The summed E-state index contributed by atoms with van der Waals surface area (Å²) in [6, 6.07) is 6.53. The number of rotatable bonds is 4. The van der Waals surface area contributed by atoms with Gasteiger partial charge in [-0.1, -0.05) is 23.5 Å². The van der Waals surface area contributed by atoms with Crippen LogP contribution in [0.5, 0.6) is 0 Å². The van der Waals surface area contributed by atoms with Gasteiger partial charge in [0.05, 0.1) is 6.20 Å². The van der Waals surface area contributed by atoms with Gasteiger partial charge in [0.15, 0.2) is 5.13 Å². The van der Waals surface area contributed by atoms with Crippen molar-refractivity contribution < 1.29 is 18.0 Å². The van der Waals surface area contributed by atoms with Crippen molar-refractivity contribution in [1.29, 1.82) is 0 Å². The van der Waals surface area contributed by atoms with Crippen LogP contribution in [0.15, 0.2) is 30.5 Å². The first-order chi connectivity index (χ1) is 9.36. The molecule has 1 aromatic carbocycles. The first-order valence-electron chi connectivity index (χ1n) is 5.52. The molecule has 0 aliphatic rings. The SMILES string of the molecule is NC(=O)c1cccc(CNc2ncc(C(F)(F)F)s2)c1. The van der Waals surface area contributed by atoms with Crippen LogP contribution in [0.4, 0.5) is 18.3 Å². The molecule has 1 aromatic heterocycles. The molecule has 2 aromatic rings. The molecule has 0 aliphatic heterocycles. The van der Waals surface area contributed by atoms with Gasteiger partial charge in [-0.15, -0.1) is 0 Å². The number of hydrogen-bond acceptors (Lipinski definition) is 4. The van der Waals surface area contributed by atoms with Crippen LogP contribution >= 0.6 is 11.3 Å². The summed E-state index contributed by atoms with van der Waals surface area (Å²) in [6.07, 6.45) is -3.60. The van der Waals surface area contributed by atoms with Gasteiger partial charge in [-0.3, -0.25) is 4.79 Å². The lowest BCUT2D eigenvalue weighted by atomic mass is 10.1. The molecule has 0 aliphatic carbocycles. The molecule has 8 heteroatoms. The van der Waals surface area contributed by atoms with Crippen LogP contribution in [0.2, 0.25) is 0 Å². The van der Waals surface area contributed by atoms with Crippen LogP contribution in [0.1, 0.15) is 20.8 Å². The molecule has 0 bridgehead atoms. The highest BCUT2D eigenvalue weighted by atomic mass is 32.1. The van der Waals surface area contributed by atoms with Gasteiger partial charge >= 0.3 is 6.18 Å². The van der Waals surface area contributed by atoms with E-state index in [1.54, 1.807) is 24.3 Å². The Hall–Kier alpha value is -2.09. The number of alkyl halides is 3. The number of carbonyl (C=O) groups is 1. The number of anilines is 1. The Morgan fingerprint density at radius 3 is 2.75 bits per heavy atom. The quantitative estimate of drug-likeness (QED) is 0.912.